The number of carbonyl (C=O) groups is 2. The van der Waals surface area contributed by atoms with E-state index in [0.29, 0.717) is 49.2 Å². The molecule has 0 radical (unpaired) electrons. The lowest BCUT2D eigenvalue weighted by molar-refractivity contribution is -0.116. The van der Waals surface area contributed by atoms with Crippen LogP contribution in [-0.2, 0) is 16.0 Å². The molecule has 10 heteroatoms. The number of pyridine rings is 1. The maximum atomic E-state index is 13.9. The molecule has 190 valence electrons. The number of piperazine rings is 1. The number of nitrogens with one attached hydrogen (secondary N) is 1. The predicted molar refractivity (Wildman–Crippen MR) is 133 cm³/mol. The summed E-state index contributed by atoms with van der Waals surface area (Å²) in [4.78, 5) is 36.9. The average Bonchev–Trinajstić information content (AvgIpc) is 3.31. The molecule has 2 amide bonds. The standard InChI is InChI=1S/C26H30FN5O4/c1-26(2,3)36-25(34)32-14-12-31(13-15-32)18-8-9-22(28-16-18)30-23(33)10-11-24-29-17-21(35-24)19-6-4-5-7-20(19)27/h4-9,16-17H,10-15H2,1-3H3,(H,28,30,33). The lowest BCUT2D eigenvalue weighted by Crippen LogP contribution is -2.50. The van der Waals surface area contributed by atoms with Crippen LogP contribution in [0.4, 0.5) is 20.7 Å². The normalized spacial score (nSPS) is 14.0. The summed E-state index contributed by atoms with van der Waals surface area (Å²) in [5.41, 5.74) is 0.728. The molecule has 1 saturated heterocycles. The van der Waals surface area contributed by atoms with E-state index in [1.54, 1.807) is 35.4 Å². The number of carbonyl (C=O) groups excluding carboxylic acids is 2. The number of oxazole rings is 1. The van der Waals surface area contributed by atoms with Crippen LogP contribution in [0.3, 0.4) is 0 Å². The number of ether oxygens (including phenoxy) is 1. The van der Waals surface area contributed by atoms with Crippen LogP contribution in [0.2, 0.25) is 0 Å². The van der Waals surface area contributed by atoms with Gasteiger partial charge in [-0.25, -0.2) is 19.2 Å². The SMILES string of the molecule is CC(C)(C)OC(=O)N1CCN(c2ccc(NC(=O)CCc3ncc(-c4ccccc4F)o3)nc2)CC1. The van der Waals surface area contributed by atoms with Gasteiger partial charge in [0.15, 0.2) is 11.7 Å². The highest BCUT2D eigenvalue weighted by atomic mass is 19.1. The van der Waals surface area contributed by atoms with Crippen LogP contribution in [0.1, 0.15) is 33.1 Å². The Morgan fingerprint density at radius 3 is 2.47 bits per heavy atom. The number of aromatic nitrogens is 2. The van der Waals surface area contributed by atoms with E-state index in [1.807, 2.05) is 26.8 Å². The van der Waals surface area contributed by atoms with Crippen molar-refractivity contribution in [3.63, 3.8) is 0 Å². The van der Waals surface area contributed by atoms with Crippen LogP contribution in [0, 0.1) is 5.82 Å². The molecule has 9 nitrogen and oxygen atoms in total. The topological polar surface area (TPSA) is 101 Å². The van der Waals surface area contributed by atoms with Gasteiger partial charge in [-0.1, -0.05) is 12.1 Å². The zero-order chi connectivity index (χ0) is 25.7. The Kier molecular flexibility index (Phi) is 7.52. The van der Waals surface area contributed by atoms with Gasteiger partial charge in [0, 0.05) is 39.0 Å². The quantitative estimate of drug-likeness (QED) is 0.537. The molecule has 3 aromatic rings. The van der Waals surface area contributed by atoms with Gasteiger partial charge in [0.1, 0.15) is 17.2 Å². The van der Waals surface area contributed by atoms with Crippen molar-refractivity contribution in [3.05, 3.63) is 60.5 Å². The molecule has 0 bridgehead atoms. The van der Waals surface area contributed by atoms with Crippen molar-refractivity contribution < 1.29 is 23.1 Å². The van der Waals surface area contributed by atoms with E-state index in [1.165, 1.54) is 12.3 Å². The summed E-state index contributed by atoms with van der Waals surface area (Å²) in [6.45, 7) is 8.01. The third-order valence-corrected chi connectivity index (χ3v) is 5.57. The maximum absolute atomic E-state index is 13.9. The van der Waals surface area contributed by atoms with E-state index in [9.17, 15) is 14.0 Å². The first-order chi connectivity index (χ1) is 17.2. The first-order valence-electron chi connectivity index (χ1n) is 11.9. The number of anilines is 2. The summed E-state index contributed by atoms with van der Waals surface area (Å²) >= 11 is 0. The highest BCUT2D eigenvalue weighted by Gasteiger charge is 2.26. The molecule has 1 fully saturated rings. The number of aryl methyl sites for hydroxylation is 1. The Balaban J connectivity index is 1.24. The van der Waals surface area contributed by atoms with Gasteiger partial charge in [0.25, 0.3) is 0 Å². The summed E-state index contributed by atoms with van der Waals surface area (Å²) in [5, 5.41) is 2.77. The average molecular weight is 496 g/mol. The third kappa shape index (κ3) is 6.59. The van der Waals surface area contributed by atoms with Gasteiger partial charge in [-0.15, -0.1) is 0 Å². The molecule has 3 heterocycles. The molecular formula is C26H30FN5O4. The third-order valence-electron chi connectivity index (χ3n) is 5.57. The summed E-state index contributed by atoms with van der Waals surface area (Å²) < 4.78 is 24.9. The van der Waals surface area contributed by atoms with Crippen LogP contribution < -0.4 is 10.2 Å². The fourth-order valence-electron chi connectivity index (χ4n) is 3.76. The van der Waals surface area contributed by atoms with E-state index < -0.39 is 11.4 Å². The summed E-state index contributed by atoms with van der Waals surface area (Å²) in [5.74, 6) is 0.504. The highest BCUT2D eigenvalue weighted by Crippen LogP contribution is 2.24. The molecule has 0 aliphatic carbocycles. The van der Waals surface area contributed by atoms with Gasteiger partial charge in [-0.3, -0.25) is 4.79 Å². The molecule has 0 spiro atoms. The molecule has 36 heavy (non-hydrogen) atoms. The van der Waals surface area contributed by atoms with Crippen molar-refractivity contribution in [1.82, 2.24) is 14.9 Å². The number of hydrogen-bond donors (Lipinski definition) is 1. The van der Waals surface area contributed by atoms with Crippen molar-refractivity contribution in [2.75, 3.05) is 36.4 Å². The second-order valence-electron chi connectivity index (χ2n) is 9.50. The zero-order valence-electron chi connectivity index (χ0n) is 20.7. The van der Waals surface area contributed by atoms with Crippen molar-refractivity contribution in [2.45, 2.75) is 39.2 Å². The number of rotatable bonds is 6. The predicted octanol–water partition coefficient (Wildman–Crippen LogP) is 4.50. The Morgan fingerprint density at radius 2 is 1.81 bits per heavy atom. The van der Waals surface area contributed by atoms with E-state index in [2.05, 4.69) is 20.2 Å². The Bertz CT molecular complexity index is 1200. The van der Waals surface area contributed by atoms with Crippen LogP contribution in [0.5, 0.6) is 0 Å². The van der Waals surface area contributed by atoms with Gasteiger partial charge in [0.05, 0.1) is 23.6 Å². The van der Waals surface area contributed by atoms with Crippen molar-refractivity contribution in [2.24, 2.45) is 0 Å². The number of halogens is 1. The van der Waals surface area contributed by atoms with Gasteiger partial charge < -0.3 is 24.3 Å². The van der Waals surface area contributed by atoms with Crippen LogP contribution in [0.15, 0.2) is 53.2 Å². The molecule has 0 unspecified atom stereocenters. The first kappa shape index (κ1) is 25.2. The largest absolute Gasteiger partial charge is 0.444 e. The minimum absolute atomic E-state index is 0.146. The monoisotopic (exact) mass is 495 g/mol. The van der Waals surface area contributed by atoms with E-state index in [-0.39, 0.29) is 24.8 Å². The van der Waals surface area contributed by atoms with Gasteiger partial charge in [-0.2, -0.15) is 0 Å². The molecule has 1 aliphatic heterocycles. The van der Waals surface area contributed by atoms with Crippen molar-refractivity contribution in [3.8, 4) is 11.3 Å². The lowest BCUT2D eigenvalue weighted by atomic mass is 10.2. The Labute approximate surface area is 209 Å². The Morgan fingerprint density at radius 1 is 1.06 bits per heavy atom. The summed E-state index contributed by atoms with van der Waals surface area (Å²) in [6.07, 6.45) is 3.28. The molecule has 0 saturated carbocycles. The van der Waals surface area contributed by atoms with Gasteiger partial charge in [0.2, 0.25) is 5.91 Å². The van der Waals surface area contributed by atoms with Crippen molar-refractivity contribution in [1.29, 1.82) is 0 Å². The van der Waals surface area contributed by atoms with Gasteiger partial charge in [-0.05, 0) is 45.0 Å². The van der Waals surface area contributed by atoms with Crippen LogP contribution >= 0.6 is 0 Å². The second-order valence-corrected chi connectivity index (χ2v) is 9.50. The number of nitrogens with zero attached hydrogens (tertiary/aromatic N) is 4. The second kappa shape index (κ2) is 10.8. The fourth-order valence-corrected chi connectivity index (χ4v) is 3.76. The van der Waals surface area contributed by atoms with Crippen LogP contribution in [-0.4, -0.2) is 58.6 Å². The minimum Gasteiger partial charge on any atom is -0.444 e. The molecule has 0 atom stereocenters. The van der Waals surface area contributed by atoms with Crippen LogP contribution in [0.25, 0.3) is 11.3 Å². The lowest BCUT2D eigenvalue weighted by Gasteiger charge is -2.36. The molecule has 4 rings (SSSR count). The fraction of sp³-hybridized carbons (Fsp3) is 0.385. The molecule has 1 aliphatic rings. The zero-order valence-corrected chi connectivity index (χ0v) is 20.7. The Hall–Kier alpha value is -3.95. The highest BCUT2D eigenvalue weighted by molar-refractivity contribution is 5.89. The van der Waals surface area contributed by atoms with E-state index in [0.717, 1.165) is 5.69 Å². The van der Waals surface area contributed by atoms with Crippen molar-refractivity contribution >= 4 is 23.5 Å². The molecule has 2 aromatic heterocycles. The number of benzene rings is 1. The first-order valence-corrected chi connectivity index (χ1v) is 11.9. The van der Waals surface area contributed by atoms with E-state index >= 15 is 0 Å². The molecular weight excluding hydrogens is 465 g/mol. The number of hydrogen-bond acceptors (Lipinski definition) is 7. The molecule has 1 N–H and O–H groups in total. The molecule has 1 aromatic carbocycles. The van der Waals surface area contributed by atoms with E-state index in [4.69, 9.17) is 9.15 Å². The number of amides is 2. The minimum atomic E-state index is -0.516. The van der Waals surface area contributed by atoms with Gasteiger partial charge >= 0.3 is 6.09 Å². The summed E-state index contributed by atoms with van der Waals surface area (Å²) in [6, 6.07) is 9.93. The maximum Gasteiger partial charge on any atom is 0.410 e. The summed E-state index contributed by atoms with van der Waals surface area (Å²) in [7, 11) is 0. The smallest absolute Gasteiger partial charge is 0.410 e.